The fourth-order valence-electron chi connectivity index (χ4n) is 3.34. The smallest absolute Gasteiger partial charge is 0.413 e. The maximum absolute atomic E-state index is 12.2. The fraction of sp³-hybridized carbons (Fsp3) is 0.273. The molecular weight excluding hydrogens is 414 g/mol. The van der Waals surface area contributed by atoms with E-state index in [9.17, 15) is 14.4 Å². The molecule has 172 valence electrons. The molecule has 2 heterocycles. The number of carbonyl (C=O) groups excluding carboxylic acids is 3. The molecule has 3 amide bonds. The number of methoxy groups -OCH3 is 1. The minimum absolute atomic E-state index is 0. The van der Waals surface area contributed by atoms with E-state index in [4.69, 9.17) is 20.9 Å². The molecule has 6 N–H and O–H groups in total. The number of imide groups is 1. The number of hydrogen-bond donors (Lipinski definition) is 4. The van der Waals surface area contributed by atoms with E-state index in [0.717, 1.165) is 16.5 Å². The lowest BCUT2D eigenvalue weighted by molar-refractivity contribution is -0.134. The number of carbonyl (C=O) groups is 3. The predicted octanol–water partition coefficient (Wildman–Crippen LogP) is 2.03. The van der Waals surface area contributed by atoms with Crippen LogP contribution in [0, 0.1) is 6.92 Å². The lowest BCUT2D eigenvalue weighted by Gasteiger charge is -2.22. The molecule has 0 radical (unpaired) electrons. The van der Waals surface area contributed by atoms with Gasteiger partial charge in [-0.25, -0.2) is 4.79 Å². The van der Waals surface area contributed by atoms with Gasteiger partial charge in [0.2, 0.25) is 11.8 Å². The molecule has 32 heavy (non-hydrogen) atoms. The van der Waals surface area contributed by atoms with Gasteiger partial charge >= 0.3 is 6.09 Å². The highest BCUT2D eigenvalue weighted by molar-refractivity contribution is 6.01. The maximum atomic E-state index is 12.2. The van der Waals surface area contributed by atoms with E-state index < -0.39 is 12.0 Å². The summed E-state index contributed by atoms with van der Waals surface area (Å²) in [5, 5.41) is 5.60. The molecule has 1 saturated heterocycles. The number of amides is 3. The average molecular weight is 444 g/mol. The number of fused-ring (bicyclic) bond motifs is 1. The number of allylic oxidation sites excluding steroid dienone is 2. The van der Waals surface area contributed by atoms with E-state index in [2.05, 4.69) is 15.6 Å². The quantitative estimate of drug-likeness (QED) is 0.300. The average Bonchev–Trinajstić information content (AvgIpc) is 2.75. The van der Waals surface area contributed by atoms with Gasteiger partial charge in [0.25, 0.3) is 0 Å². The highest BCUT2D eigenvalue weighted by atomic mass is 16.5. The molecule has 0 bridgehead atoms. The number of aryl methyl sites for hydroxylation is 1. The zero-order valence-electron chi connectivity index (χ0n) is 17.8. The van der Waals surface area contributed by atoms with Crippen molar-refractivity contribution < 1.29 is 26.7 Å². The van der Waals surface area contributed by atoms with Gasteiger partial charge < -0.3 is 20.9 Å². The minimum atomic E-state index is -0.722. The molecule has 1 atom stereocenters. The SMILES string of the molecule is CO/C(N)=C/C=C(\N)NC(=O)OCc1ccc2cc(C3CCC(=O)NC3=O)c(C)nc2c1.[HH].[HH]. The molecule has 2 aromatic rings. The van der Waals surface area contributed by atoms with E-state index in [1.807, 2.05) is 31.2 Å². The second-order valence-corrected chi connectivity index (χ2v) is 7.29. The Morgan fingerprint density at radius 3 is 2.81 bits per heavy atom. The fourth-order valence-corrected chi connectivity index (χ4v) is 3.34. The molecule has 1 aromatic carbocycles. The number of ether oxygens (including phenoxy) is 2. The van der Waals surface area contributed by atoms with Crippen LogP contribution in [-0.4, -0.2) is 30.0 Å². The molecule has 1 aromatic heterocycles. The van der Waals surface area contributed by atoms with Gasteiger partial charge in [-0.2, -0.15) is 0 Å². The number of aromatic nitrogens is 1. The van der Waals surface area contributed by atoms with Crippen molar-refractivity contribution in [2.24, 2.45) is 11.5 Å². The number of alkyl carbamates (subject to hydrolysis) is 1. The molecule has 0 spiro atoms. The lowest BCUT2D eigenvalue weighted by atomic mass is 9.89. The minimum Gasteiger partial charge on any atom is -0.483 e. The van der Waals surface area contributed by atoms with Crippen LogP contribution in [0.5, 0.6) is 0 Å². The van der Waals surface area contributed by atoms with Crippen molar-refractivity contribution in [1.29, 1.82) is 0 Å². The third-order valence-corrected chi connectivity index (χ3v) is 5.01. The molecule has 3 rings (SSSR count). The standard InChI is InChI=1S/C22H25N5O5.2H2/c1-12-16(15-5-8-20(28)27-21(15)29)10-14-4-3-13(9-17(14)25-12)11-32-22(30)26-18(23)6-7-19(24)31-2;;/h3-4,6-7,9-10,15H,5,8,11,23-24H2,1-2H3,(H,26,30)(H,27,28,29);2*1H/b18-6+,19-7+;;. The van der Waals surface area contributed by atoms with E-state index in [-0.39, 0.29) is 33.0 Å². The van der Waals surface area contributed by atoms with Crippen LogP contribution in [0.1, 0.15) is 38.4 Å². The van der Waals surface area contributed by atoms with Crippen molar-refractivity contribution in [3.63, 3.8) is 0 Å². The Bertz CT molecular complexity index is 1140. The first kappa shape index (κ1) is 22.6. The van der Waals surface area contributed by atoms with Crippen LogP contribution < -0.4 is 22.1 Å². The molecule has 10 nitrogen and oxygen atoms in total. The van der Waals surface area contributed by atoms with Crippen molar-refractivity contribution in [3.8, 4) is 0 Å². The third kappa shape index (κ3) is 5.54. The van der Waals surface area contributed by atoms with Crippen molar-refractivity contribution in [1.82, 2.24) is 15.6 Å². The van der Waals surface area contributed by atoms with Gasteiger partial charge in [-0.05, 0) is 42.7 Å². The summed E-state index contributed by atoms with van der Waals surface area (Å²) in [6.45, 7) is 1.84. The van der Waals surface area contributed by atoms with Gasteiger partial charge in [0.1, 0.15) is 12.4 Å². The monoisotopic (exact) mass is 443 g/mol. The first-order valence-corrected chi connectivity index (χ1v) is 9.91. The normalized spacial score (nSPS) is 17.1. The second-order valence-electron chi connectivity index (χ2n) is 7.29. The Morgan fingerprint density at radius 1 is 1.31 bits per heavy atom. The molecular formula is C22H29N5O5. The zero-order chi connectivity index (χ0) is 23.3. The van der Waals surface area contributed by atoms with Gasteiger partial charge in [-0.3, -0.25) is 25.2 Å². The maximum Gasteiger partial charge on any atom is 0.413 e. The lowest BCUT2D eigenvalue weighted by Crippen LogP contribution is -2.39. The van der Waals surface area contributed by atoms with E-state index in [1.165, 1.54) is 19.3 Å². The number of benzene rings is 1. The Balaban J connectivity index is 0.00000289. The Morgan fingerprint density at radius 2 is 2.09 bits per heavy atom. The van der Waals surface area contributed by atoms with Crippen molar-refractivity contribution >= 4 is 28.8 Å². The van der Waals surface area contributed by atoms with Crippen LogP contribution >= 0.6 is 0 Å². The first-order chi connectivity index (χ1) is 15.3. The highest BCUT2D eigenvalue weighted by Crippen LogP contribution is 2.29. The van der Waals surface area contributed by atoms with Gasteiger partial charge in [0.05, 0.1) is 18.5 Å². The number of piperidine rings is 1. The molecule has 0 aliphatic carbocycles. The van der Waals surface area contributed by atoms with Crippen molar-refractivity contribution in [2.75, 3.05) is 7.11 Å². The molecule has 1 fully saturated rings. The van der Waals surface area contributed by atoms with Crippen LogP contribution in [0.3, 0.4) is 0 Å². The van der Waals surface area contributed by atoms with Gasteiger partial charge in [0.15, 0.2) is 5.88 Å². The summed E-state index contributed by atoms with van der Waals surface area (Å²) in [5.74, 6) is -0.757. The Labute approximate surface area is 187 Å². The zero-order valence-corrected chi connectivity index (χ0v) is 17.8. The highest BCUT2D eigenvalue weighted by Gasteiger charge is 2.29. The predicted molar refractivity (Wildman–Crippen MR) is 121 cm³/mol. The molecule has 0 saturated carbocycles. The third-order valence-electron chi connectivity index (χ3n) is 5.01. The van der Waals surface area contributed by atoms with E-state index in [0.29, 0.717) is 24.1 Å². The summed E-state index contributed by atoms with van der Waals surface area (Å²) in [6.07, 6.45) is 2.83. The molecule has 1 aliphatic rings. The van der Waals surface area contributed by atoms with Crippen LogP contribution in [0.25, 0.3) is 10.9 Å². The van der Waals surface area contributed by atoms with E-state index >= 15 is 0 Å². The van der Waals surface area contributed by atoms with Crippen molar-refractivity contribution in [3.05, 3.63) is 64.9 Å². The number of pyridine rings is 1. The summed E-state index contributed by atoms with van der Waals surface area (Å²) >= 11 is 0. The Kier molecular flexibility index (Phi) is 6.93. The Hall–Kier alpha value is -4.08. The van der Waals surface area contributed by atoms with Crippen LogP contribution in [0.15, 0.2) is 48.1 Å². The molecule has 10 heteroatoms. The summed E-state index contributed by atoms with van der Waals surface area (Å²) in [7, 11) is 1.41. The molecule has 1 aliphatic heterocycles. The summed E-state index contributed by atoms with van der Waals surface area (Å²) < 4.78 is 9.95. The second kappa shape index (κ2) is 9.82. The van der Waals surface area contributed by atoms with Gasteiger partial charge in [-0.1, -0.05) is 12.1 Å². The van der Waals surface area contributed by atoms with Gasteiger partial charge in [-0.15, -0.1) is 0 Å². The first-order valence-electron chi connectivity index (χ1n) is 9.91. The van der Waals surface area contributed by atoms with Crippen LogP contribution in [0.4, 0.5) is 4.79 Å². The van der Waals surface area contributed by atoms with Crippen LogP contribution in [0.2, 0.25) is 0 Å². The number of nitrogens with one attached hydrogen (secondary N) is 2. The van der Waals surface area contributed by atoms with Gasteiger partial charge in [0, 0.05) is 26.4 Å². The molecule has 1 unspecified atom stereocenters. The van der Waals surface area contributed by atoms with Crippen molar-refractivity contribution in [2.45, 2.75) is 32.3 Å². The summed E-state index contributed by atoms with van der Waals surface area (Å²) in [5.41, 5.74) is 14.1. The number of hydrogen-bond acceptors (Lipinski definition) is 8. The van der Waals surface area contributed by atoms with E-state index in [1.54, 1.807) is 0 Å². The summed E-state index contributed by atoms with van der Waals surface area (Å²) in [4.78, 5) is 40.2. The topological polar surface area (TPSA) is 159 Å². The number of rotatable bonds is 6. The largest absolute Gasteiger partial charge is 0.483 e. The number of nitrogens with two attached hydrogens (primary N) is 2. The van der Waals surface area contributed by atoms with Crippen LogP contribution in [-0.2, 0) is 25.7 Å². The number of nitrogens with zero attached hydrogens (tertiary/aromatic N) is 1. The summed E-state index contributed by atoms with van der Waals surface area (Å²) in [6, 6.07) is 7.38.